The average molecular weight is 330 g/mol. The molecule has 0 radical (unpaired) electrons. The van der Waals surface area contributed by atoms with E-state index in [-0.39, 0.29) is 35.0 Å². The Labute approximate surface area is 137 Å². The fourth-order valence-corrected chi connectivity index (χ4v) is 2.02. The molecular formula is C17H14O7. The van der Waals surface area contributed by atoms with Gasteiger partial charge in [0.2, 0.25) is 5.75 Å². The summed E-state index contributed by atoms with van der Waals surface area (Å²) in [6.45, 7) is 0.220. The highest BCUT2D eigenvalue weighted by Gasteiger charge is 2.17. The SMILES string of the molecule is COc1cc(C=O)ccc1Oc1cc(C=O)cc(OC)c1OC=O. The van der Waals surface area contributed by atoms with Crippen LogP contribution in [0.5, 0.6) is 28.7 Å². The van der Waals surface area contributed by atoms with Crippen molar-refractivity contribution in [2.45, 2.75) is 0 Å². The van der Waals surface area contributed by atoms with Crippen LogP contribution in [0.1, 0.15) is 20.7 Å². The topological polar surface area (TPSA) is 88.1 Å². The molecule has 0 atom stereocenters. The van der Waals surface area contributed by atoms with E-state index in [1.165, 1.54) is 44.6 Å². The molecule has 0 aromatic heterocycles. The third-order valence-electron chi connectivity index (χ3n) is 3.11. The van der Waals surface area contributed by atoms with Gasteiger partial charge < -0.3 is 18.9 Å². The second kappa shape index (κ2) is 7.77. The zero-order valence-electron chi connectivity index (χ0n) is 13.0. The lowest BCUT2D eigenvalue weighted by atomic mass is 10.2. The molecule has 0 saturated carbocycles. The van der Waals surface area contributed by atoms with Crippen LogP contribution < -0.4 is 18.9 Å². The van der Waals surface area contributed by atoms with Gasteiger partial charge in [0.25, 0.3) is 6.47 Å². The molecule has 0 aliphatic carbocycles. The molecule has 2 aromatic rings. The van der Waals surface area contributed by atoms with Crippen LogP contribution in [0.2, 0.25) is 0 Å². The van der Waals surface area contributed by atoms with E-state index in [0.29, 0.717) is 23.9 Å². The van der Waals surface area contributed by atoms with Crippen molar-refractivity contribution in [2.75, 3.05) is 14.2 Å². The summed E-state index contributed by atoms with van der Waals surface area (Å²) in [5.74, 6) is 0.821. The number of hydrogen-bond donors (Lipinski definition) is 0. The van der Waals surface area contributed by atoms with Gasteiger partial charge in [0, 0.05) is 11.1 Å². The van der Waals surface area contributed by atoms with Gasteiger partial charge in [0.15, 0.2) is 23.0 Å². The Balaban J connectivity index is 2.53. The summed E-state index contributed by atoms with van der Waals surface area (Å²) in [5, 5.41) is 0. The minimum atomic E-state index is 0.0135. The average Bonchev–Trinajstić information content (AvgIpc) is 2.63. The van der Waals surface area contributed by atoms with E-state index in [1.807, 2.05) is 0 Å². The number of rotatable bonds is 8. The van der Waals surface area contributed by atoms with Crippen LogP contribution in [-0.4, -0.2) is 33.3 Å². The molecule has 0 N–H and O–H groups in total. The molecule has 0 saturated heterocycles. The van der Waals surface area contributed by atoms with Crippen molar-refractivity contribution in [2.24, 2.45) is 0 Å². The molecule has 0 heterocycles. The van der Waals surface area contributed by atoms with E-state index in [1.54, 1.807) is 0 Å². The Hall–Kier alpha value is -3.35. The summed E-state index contributed by atoms with van der Waals surface area (Å²) in [4.78, 5) is 32.7. The van der Waals surface area contributed by atoms with Crippen molar-refractivity contribution in [3.8, 4) is 28.7 Å². The first-order valence-electron chi connectivity index (χ1n) is 6.75. The number of hydrogen-bond acceptors (Lipinski definition) is 7. The zero-order chi connectivity index (χ0) is 17.5. The molecule has 0 aliphatic rings. The van der Waals surface area contributed by atoms with Gasteiger partial charge in [0.05, 0.1) is 14.2 Å². The van der Waals surface area contributed by atoms with Gasteiger partial charge in [0.1, 0.15) is 12.6 Å². The summed E-state index contributed by atoms with van der Waals surface area (Å²) in [6, 6.07) is 7.34. The second-order valence-corrected chi connectivity index (χ2v) is 4.51. The third kappa shape index (κ3) is 3.52. The van der Waals surface area contributed by atoms with Gasteiger partial charge in [-0.2, -0.15) is 0 Å². The zero-order valence-corrected chi connectivity index (χ0v) is 13.0. The molecule has 7 nitrogen and oxygen atoms in total. The predicted molar refractivity (Wildman–Crippen MR) is 83.5 cm³/mol. The van der Waals surface area contributed by atoms with E-state index in [0.717, 1.165) is 0 Å². The Morgan fingerprint density at radius 3 is 1.96 bits per heavy atom. The number of aldehydes is 2. The lowest BCUT2D eigenvalue weighted by molar-refractivity contribution is -0.120. The first kappa shape index (κ1) is 17.0. The second-order valence-electron chi connectivity index (χ2n) is 4.51. The Kier molecular flexibility index (Phi) is 5.51. The highest BCUT2D eigenvalue weighted by Crippen LogP contribution is 2.42. The van der Waals surface area contributed by atoms with Crippen molar-refractivity contribution in [3.05, 3.63) is 41.5 Å². The van der Waals surface area contributed by atoms with Gasteiger partial charge in [-0.05, 0) is 30.3 Å². The quantitative estimate of drug-likeness (QED) is 0.687. The third-order valence-corrected chi connectivity index (χ3v) is 3.11. The monoisotopic (exact) mass is 330 g/mol. The number of carbonyl (C=O) groups excluding carboxylic acids is 3. The first-order chi connectivity index (χ1) is 11.7. The fourth-order valence-electron chi connectivity index (χ4n) is 2.02. The normalized spacial score (nSPS) is 9.75. The van der Waals surface area contributed by atoms with Crippen LogP contribution in [0.4, 0.5) is 0 Å². The first-order valence-corrected chi connectivity index (χ1v) is 6.75. The van der Waals surface area contributed by atoms with Gasteiger partial charge >= 0.3 is 0 Å². The van der Waals surface area contributed by atoms with Crippen molar-refractivity contribution >= 4 is 19.0 Å². The molecule has 2 aromatic carbocycles. The van der Waals surface area contributed by atoms with Crippen LogP contribution in [0.15, 0.2) is 30.3 Å². The van der Waals surface area contributed by atoms with E-state index in [2.05, 4.69) is 0 Å². The summed E-state index contributed by atoms with van der Waals surface area (Å²) >= 11 is 0. The highest BCUT2D eigenvalue weighted by molar-refractivity contribution is 5.79. The van der Waals surface area contributed by atoms with Crippen molar-refractivity contribution in [3.63, 3.8) is 0 Å². The highest BCUT2D eigenvalue weighted by atomic mass is 16.6. The van der Waals surface area contributed by atoms with E-state index < -0.39 is 0 Å². The number of methoxy groups -OCH3 is 2. The maximum atomic E-state index is 11.1. The summed E-state index contributed by atoms with van der Waals surface area (Å²) < 4.78 is 20.9. The summed E-state index contributed by atoms with van der Waals surface area (Å²) in [7, 11) is 2.78. The van der Waals surface area contributed by atoms with Gasteiger partial charge in [-0.1, -0.05) is 0 Å². The molecule has 0 spiro atoms. The Bertz CT molecular complexity index is 768. The predicted octanol–water partition coefficient (Wildman–Crippen LogP) is 2.66. The maximum Gasteiger partial charge on any atom is 0.298 e. The van der Waals surface area contributed by atoms with Crippen LogP contribution in [0.3, 0.4) is 0 Å². The standard InChI is InChI=1S/C17H14O7/c1-21-14-5-11(8-18)3-4-13(14)24-16-7-12(9-19)6-15(22-2)17(16)23-10-20/h3-10H,1-2H3. The summed E-state index contributed by atoms with van der Waals surface area (Å²) in [6.07, 6.45) is 1.27. The lowest BCUT2D eigenvalue weighted by Gasteiger charge is -2.15. The van der Waals surface area contributed by atoms with Gasteiger partial charge in [-0.3, -0.25) is 14.4 Å². The molecule has 0 amide bonds. The maximum absolute atomic E-state index is 11.1. The Morgan fingerprint density at radius 1 is 0.750 bits per heavy atom. The number of carbonyl (C=O) groups is 3. The molecule has 0 bridgehead atoms. The smallest absolute Gasteiger partial charge is 0.298 e. The molecule has 0 aliphatic heterocycles. The van der Waals surface area contributed by atoms with E-state index in [9.17, 15) is 14.4 Å². The van der Waals surface area contributed by atoms with E-state index >= 15 is 0 Å². The minimum Gasteiger partial charge on any atom is -0.493 e. The number of ether oxygens (including phenoxy) is 4. The van der Waals surface area contributed by atoms with Crippen molar-refractivity contribution in [1.29, 1.82) is 0 Å². The van der Waals surface area contributed by atoms with Crippen LogP contribution in [0, 0.1) is 0 Å². The summed E-state index contributed by atoms with van der Waals surface area (Å²) in [5.41, 5.74) is 0.673. The van der Waals surface area contributed by atoms with Crippen LogP contribution in [0.25, 0.3) is 0 Å². The minimum absolute atomic E-state index is 0.0135. The lowest BCUT2D eigenvalue weighted by Crippen LogP contribution is -1.99. The van der Waals surface area contributed by atoms with Crippen LogP contribution in [-0.2, 0) is 4.79 Å². The number of benzene rings is 2. The molecular weight excluding hydrogens is 316 g/mol. The largest absolute Gasteiger partial charge is 0.493 e. The molecule has 124 valence electrons. The van der Waals surface area contributed by atoms with Crippen LogP contribution >= 0.6 is 0 Å². The van der Waals surface area contributed by atoms with Crippen molar-refractivity contribution in [1.82, 2.24) is 0 Å². The van der Waals surface area contributed by atoms with Gasteiger partial charge in [-0.25, -0.2) is 0 Å². The van der Waals surface area contributed by atoms with E-state index in [4.69, 9.17) is 18.9 Å². The van der Waals surface area contributed by atoms with Crippen molar-refractivity contribution < 1.29 is 33.3 Å². The fraction of sp³-hybridized carbons (Fsp3) is 0.118. The van der Waals surface area contributed by atoms with Gasteiger partial charge in [-0.15, -0.1) is 0 Å². The molecule has 2 rings (SSSR count). The molecule has 0 fully saturated rings. The molecule has 0 unspecified atom stereocenters. The molecule has 7 heteroatoms. The molecule has 24 heavy (non-hydrogen) atoms. The Morgan fingerprint density at radius 2 is 1.38 bits per heavy atom.